The number of hydrogen-bond acceptors (Lipinski definition) is 1. The molecule has 0 spiro atoms. The van der Waals surface area contributed by atoms with E-state index in [0.717, 1.165) is 0 Å². The van der Waals surface area contributed by atoms with E-state index in [0.29, 0.717) is 17.5 Å². The monoisotopic (exact) mass is 257 g/mol. The van der Waals surface area contributed by atoms with Crippen molar-refractivity contribution in [1.82, 2.24) is 5.32 Å². The molecule has 0 aromatic heterocycles. The fourth-order valence-electron chi connectivity index (χ4n) is 3.94. The van der Waals surface area contributed by atoms with Gasteiger partial charge in [-0.3, -0.25) is 0 Å². The summed E-state index contributed by atoms with van der Waals surface area (Å²) in [5.74, 6) is 0. The first-order valence-corrected chi connectivity index (χ1v) is 7.92. The quantitative estimate of drug-likeness (QED) is 0.820. The second-order valence-electron chi connectivity index (χ2n) is 7.25. The van der Waals surface area contributed by atoms with Crippen molar-refractivity contribution in [2.45, 2.75) is 71.4 Å². The van der Waals surface area contributed by atoms with Crippen molar-refractivity contribution in [3.63, 3.8) is 0 Å². The Labute approximate surface area is 117 Å². The highest BCUT2D eigenvalue weighted by molar-refractivity contribution is 5.37. The average molecular weight is 257 g/mol. The molecule has 0 saturated heterocycles. The van der Waals surface area contributed by atoms with Gasteiger partial charge in [0.15, 0.2) is 0 Å². The fraction of sp³-hybridized carbons (Fsp3) is 0.667. The van der Waals surface area contributed by atoms with Crippen molar-refractivity contribution in [3.05, 3.63) is 34.9 Å². The Balaban J connectivity index is 1.77. The highest BCUT2D eigenvalue weighted by Gasteiger charge is 2.35. The molecule has 2 aliphatic carbocycles. The molecule has 1 nitrogen and oxygen atoms in total. The van der Waals surface area contributed by atoms with Gasteiger partial charge >= 0.3 is 0 Å². The minimum Gasteiger partial charge on any atom is -0.307 e. The van der Waals surface area contributed by atoms with Gasteiger partial charge in [0, 0.05) is 12.1 Å². The summed E-state index contributed by atoms with van der Waals surface area (Å²) >= 11 is 0. The van der Waals surface area contributed by atoms with Crippen LogP contribution in [0.5, 0.6) is 0 Å². The predicted octanol–water partition coefficient (Wildman–Crippen LogP) is 4.54. The molecule has 2 aliphatic rings. The summed E-state index contributed by atoms with van der Waals surface area (Å²) in [6.07, 6.45) is 8.06. The highest BCUT2D eigenvalue weighted by Crippen LogP contribution is 2.39. The molecule has 0 amide bonds. The van der Waals surface area contributed by atoms with Gasteiger partial charge in [0.05, 0.1) is 0 Å². The van der Waals surface area contributed by atoms with Gasteiger partial charge < -0.3 is 5.32 Å². The van der Waals surface area contributed by atoms with Gasteiger partial charge in [0.25, 0.3) is 0 Å². The summed E-state index contributed by atoms with van der Waals surface area (Å²) in [6, 6.07) is 8.27. The normalized spacial score (nSPS) is 29.2. The van der Waals surface area contributed by atoms with Crippen LogP contribution in [0.25, 0.3) is 0 Å². The van der Waals surface area contributed by atoms with Gasteiger partial charge in [-0.15, -0.1) is 0 Å². The predicted molar refractivity (Wildman–Crippen MR) is 81.4 cm³/mol. The van der Waals surface area contributed by atoms with E-state index in [4.69, 9.17) is 0 Å². The fourth-order valence-corrected chi connectivity index (χ4v) is 3.94. The van der Waals surface area contributed by atoms with Crippen LogP contribution in [0.2, 0.25) is 0 Å². The molecule has 1 aromatic carbocycles. The van der Waals surface area contributed by atoms with E-state index < -0.39 is 0 Å². The van der Waals surface area contributed by atoms with Crippen molar-refractivity contribution >= 4 is 0 Å². The first kappa shape index (κ1) is 13.2. The van der Waals surface area contributed by atoms with E-state index in [9.17, 15) is 0 Å². The van der Waals surface area contributed by atoms with Crippen molar-refractivity contribution < 1.29 is 0 Å². The molecule has 104 valence electrons. The number of aryl methyl sites for hydroxylation is 2. The van der Waals surface area contributed by atoms with Crippen molar-refractivity contribution in [2.75, 3.05) is 0 Å². The van der Waals surface area contributed by atoms with Crippen LogP contribution in [0, 0.1) is 12.3 Å². The van der Waals surface area contributed by atoms with E-state index >= 15 is 0 Å². The van der Waals surface area contributed by atoms with Crippen LogP contribution in [0.15, 0.2) is 18.2 Å². The Morgan fingerprint density at radius 3 is 2.79 bits per heavy atom. The Morgan fingerprint density at radius 1 is 1.16 bits per heavy atom. The minimum atomic E-state index is 0.463. The third kappa shape index (κ3) is 2.58. The maximum Gasteiger partial charge on any atom is 0.0328 e. The van der Waals surface area contributed by atoms with Gasteiger partial charge in [0.1, 0.15) is 0 Å². The Kier molecular flexibility index (Phi) is 3.42. The molecule has 0 bridgehead atoms. The second kappa shape index (κ2) is 4.94. The Bertz CT molecular complexity index is 461. The van der Waals surface area contributed by atoms with Crippen LogP contribution >= 0.6 is 0 Å². The van der Waals surface area contributed by atoms with E-state index in [1.54, 1.807) is 11.1 Å². The first-order valence-electron chi connectivity index (χ1n) is 7.92. The third-order valence-electron chi connectivity index (χ3n) is 5.29. The maximum absolute atomic E-state index is 3.99. The van der Waals surface area contributed by atoms with Crippen molar-refractivity contribution in [3.8, 4) is 0 Å². The lowest BCUT2D eigenvalue weighted by molar-refractivity contribution is 0.155. The Hall–Kier alpha value is -0.820. The van der Waals surface area contributed by atoms with Crippen molar-refractivity contribution in [2.24, 2.45) is 5.41 Å². The van der Waals surface area contributed by atoms with Gasteiger partial charge in [-0.2, -0.15) is 0 Å². The molecule has 1 saturated carbocycles. The number of rotatable bonds is 2. The molecule has 0 heterocycles. The standard InChI is InChI=1S/C18H27N/c1-13-7-8-14-9-10-16(15(14)12-13)19-17-6-4-5-11-18(17,2)3/h7-8,12,16-17,19H,4-6,9-11H2,1-3H3. The lowest BCUT2D eigenvalue weighted by atomic mass is 9.73. The zero-order valence-electron chi connectivity index (χ0n) is 12.6. The number of benzene rings is 1. The SMILES string of the molecule is Cc1ccc2c(c1)C(NC1CCCCC1(C)C)CC2. The molecular formula is C18H27N. The Morgan fingerprint density at radius 2 is 2.00 bits per heavy atom. The molecule has 1 fully saturated rings. The molecule has 19 heavy (non-hydrogen) atoms. The zero-order chi connectivity index (χ0) is 13.5. The summed E-state index contributed by atoms with van der Waals surface area (Å²) in [5, 5.41) is 3.99. The summed E-state index contributed by atoms with van der Waals surface area (Å²) in [4.78, 5) is 0. The molecule has 1 aromatic rings. The lowest BCUT2D eigenvalue weighted by Gasteiger charge is -2.41. The molecular weight excluding hydrogens is 230 g/mol. The molecule has 2 atom stereocenters. The number of nitrogens with one attached hydrogen (secondary N) is 1. The molecule has 1 heteroatoms. The van der Waals surface area contributed by atoms with Gasteiger partial charge in [0.2, 0.25) is 0 Å². The van der Waals surface area contributed by atoms with Gasteiger partial charge in [-0.05, 0) is 49.1 Å². The van der Waals surface area contributed by atoms with Crippen LogP contribution in [-0.2, 0) is 6.42 Å². The summed E-state index contributed by atoms with van der Waals surface area (Å²) in [6.45, 7) is 7.09. The summed E-state index contributed by atoms with van der Waals surface area (Å²) in [5.41, 5.74) is 5.00. The van der Waals surface area contributed by atoms with Gasteiger partial charge in [-0.1, -0.05) is 50.5 Å². The topological polar surface area (TPSA) is 12.0 Å². The average Bonchev–Trinajstić information content (AvgIpc) is 2.74. The highest BCUT2D eigenvalue weighted by atomic mass is 15.0. The zero-order valence-corrected chi connectivity index (χ0v) is 12.6. The van der Waals surface area contributed by atoms with E-state index in [-0.39, 0.29) is 0 Å². The van der Waals surface area contributed by atoms with Crippen LogP contribution in [0.4, 0.5) is 0 Å². The van der Waals surface area contributed by atoms with Crippen LogP contribution in [0.1, 0.15) is 68.7 Å². The lowest BCUT2D eigenvalue weighted by Crippen LogP contribution is -2.45. The second-order valence-corrected chi connectivity index (χ2v) is 7.25. The maximum atomic E-state index is 3.99. The van der Waals surface area contributed by atoms with E-state index in [1.807, 2.05) is 0 Å². The van der Waals surface area contributed by atoms with Crippen molar-refractivity contribution in [1.29, 1.82) is 0 Å². The van der Waals surface area contributed by atoms with Crippen LogP contribution in [-0.4, -0.2) is 6.04 Å². The third-order valence-corrected chi connectivity index (χ3v) is 5.29. The van der Waals surface area contributed by atoms with Crippen LogP contribution < -0.4 is 5.32 Å². The van der Waals surface area contributed by atoms with Crippen LogP contribution in [0.3, 0.4) is 0 Å². The molecule has 2 unspecified atom stereocenters. The molecule has 3 rings (SSSR count). The smallest absolute Gasteiger partial charge is 0.0328 e. The summed E-state index contributed by atoms with van der Waals surface area (Å²) < 4.78 is 0. The molecule has 1 N–H and O–H groups in total. The number of hydrogen-bond donors (Lipinski definition) is 1. The van der Waals surface area contributed by atoms with E-state index in [2.05, 4.69) is 44.3 Å². The molecule has 0 aliphatic heterocycles. The molecule has 0 radical (unpaired) electrons. The first-order chi connectivity index (χ1) is 9.06. The number of fused-ring (bicyclic) bond motifs is 1. The minimum absolute atomic E-state index is 0.463. The van der Waals surface area contributed by atoms with E-state index in [1.165, 1.54) is 44.1 Å². The largest absolute Gasteiger partial charge is 0.307 e. The van der Waals surface area contributed by atoms with Gasteiger partial charge in [-0.25, -0.2) is 0 Å². The summed E-state index contributed by atoms with van der Waals surface area (Å²) in [7, 11) is 0.